The monoisotopic (exact) mass is 497 g/mol. The van der Waals surface area contributed by atoms with E-state index >= 15 is 0 Å². The molecule has 0 aliphatic heterocycles. The second kappa shape index (κ2) is 10.9. The molecule has 176 valence electrons. The van der Waals surface area contributed by atoms with Crippen molar-refractivity contribution in [3.05, 3.63) is 10.1 Å². The van der Waals surface area contributed by atoms with E-state index in [1.54, 1.807) is 0 Å². The summed E-state index contributed by atoms with van der Waals surface area (Å²) in [5.74, 6) is -8.73. The first kappa shape index (κ1) is 28.1. The molecular weight excluding hydrogens is 484 g/mol. The van der Waals surface area contributed by atoms with Crippen LogP contribution in [0.25, 0.3) is 0 Å². The molecule has 21 heteroatoms. The third-order valence-corrected chi connectivity index (χ3v) is 4.64. The lowest BCUT2D eigenvalue weighted by Gasteiger charge is -2.25. The Balaban J connectivity index is 5.50. The van der Waals surface area contributed by atoms with Crippen molar-refractivity contribution < 1.29 is 81.1 Å². The first-order chi connectivity index (χ1) is 13.9. The fraction of sp³-hybridized carbons (Fsp3) is 0.500. The summed E-state index contributed by atoms with van der Waals surface area (Å²) < 4.78 is 37.0. The van der Waals surface area contributed by atoms with Crippen molar-refractivity contribution >= 4 is 45.5 Å². The predicted molar refractivity (Wildman–Crippen MR) is 84.5 cm³/mol. The average Bonchev–Trinajstić information content (AvgIpc) is 2.47. The van der Waals surface area contributed by atoms with Gasteiger partial charge in [0.25, 0.3) is 5.09 Å². The van der Waals surface area contributed by atoms with Crippen LogP contribution < -0.4 is 0 Å². The standard InChI is InChI=1S/C10H13NO18P2/c1-5(12)26-8(15)4-25-6(13)2-10(9(16)17,28-11(18)19)3-7(14)27-31(23,24)29-30(20,21)22/h2-4H2,1H3,(H,16,17)(H,23,24)(H2,20,21,22). The molecule has 0 saturated carbocycles. The lowest BCUT2D eigenvalue weighted by Crippen LogP contribution is -2.47. The minimum absolute atomic E-state index is 0.821. The maximum Gasteiger partial charge on any atom is 0.538 e. The minimum atomic E-state index is -5.83. The summed E-state index contributed by atoms with van der Waals surface area (Å²) in [5, 5.41) is 18.0. The Bertz CT molecular complexity index is 859. The Morgan fingerprint density at radius 3 is 1.94 bits per heavy atom. The number of esters is 3. The molecule has 31 heavy (non-hydrogen) atoms. The fourth-order valence-corrected chi connectivity index (χ4v) is 3.15. The van der Waals surface area contributed by atoms with Gasteiger partial charge in [-0.15, -0.1) is 10.1 Å². The third-order valence-electron chi connectivity index (χ3n) is 2.53. The van der Waals surface area contributed by atoms with Gasteiger partial charge in [0, 0.05) is 6.92 Å². The zero-order valence-corrected chi connectivity index (χ0v) is 16.8. The van der Waals surface area contributed by atoms with Crippen LogP contribution in [0.5, 0.6) is 0 Å². The molecule has 0 fully saturated rings. The highest BCUT2D eigenvalue weighted by Gasteiger charge is 2.49. The Labute approximate surface area is 169 Å². The van der Waals surface area contributed by atoms with E-state index in [2.05, 4.69) is 23.1 Å². The largest absolute Gasteiger partial charge is 0.538 e. The summed E-state index contributed by atoms with van der Waals surface area (Å²) in [4.78, 5) is 96.8. The highest BCUT2D eigenvalue weighted by Crippen LogP contribution is 2.57. The van der Waals surface area contributed by atoms with Crippen molar-refractivity contribution in [3.63, 3.8) is 0 Å². The number of carbonyl (C=O) groups is 5. The highest BCUT2D eigenvalue weighted by atomic mass is 31.3. The molecule has 4 N–H and O–H groups in total. The topological polar surface area (TPSA) is 290 Å². The second-order valence-corrected chi connectivity index (χ2v) is 7.85. The molecule has 0 amide bonds. The zero-order chi connectivity index (χ0) is 24.6. The van der Waals surface area contributed by atoms with E-state index in [-0.39, 0.29) is 0 Å². The number of carboxylic acid groups (broad SMARTS) is 1. The lowest BCUT2D eigenvalue weighted by atomic mass is 9.95. The summed E-state index contributed by atoms with van der Waals surface area (Å²) in [7, 11) is -11.5. The van der Waals surface area contributed by atoms with E-state index in [0.717, 1.165) is 6.92 Å². The number of carbonyl (C=O) groups excluding carboxylic acids is 4. The molecule has 0 bridgehead atoms. The molecule has 0 aliphatic carbocycles. The van der Waals surface area contributed by atoms with Crippen molar-refractivity contribution in [2.24, 2.45) is 0 Å². The van der Waals surface area contributed by atoms with Crippen LogP contribution in [0.1, 0.15) is 19.8 Å². The van der Waals surface area contributed by atoms with Crippen molar-refractivity contribution in [2.45, 2.75) is 25.4 Å². The van der Waals surface area contributed by atoms with Crippen molar-refractivity contribution in [2.75, 3.05) is 6.61 Å². The van der Waals surface area contributed by atoms with E-state index in [4.69, 9.17) is 14.7 Å². The van der Waals surface area contributed by atoms with E-state index in [1.165, 1.54) is 0 Å². The van der Waals surface area contributed by atoms with Crippen LogP contribution in [0.3, 0.4) is 0 Å². The van der Waals surface area contributed by atoms with Crippen LogP contribution >= 0.6 is 15.6 Å². The zero-order valence-electron chi connectivity index (χ0n) is 15.0. The molecule has 0 aliphatic rings. The number of phosphoric ester groups is 1. The Kier molecular flexibility index (Phi) is 9.86. The third kappa shape index (κ3) is 11.7. The molecular formula is C10H13NO18P2. The smallest absolute Gasteiger partial charge is 0.479 e. The minimum Gasteiger partial charge on any atom is -0.479 e. The number of rotatable bonds is 12. The normalized spacial score (nSPS) is 14.8. The Morgan fingerprint density at radius 2 is 1.52 bits per heavy atom. The van der Waals surface area contributed by atoms with Crippen molar-refractivity contribution in [1.29, 1.82) is 0 Å². The first-order valence-electron chi connectivity index (χ1n) is 7.13. The summed E-state index contributed by atoms with van der Waals surface area (Å²) in [5.41, 5.74) is -3.44. The average molecular weight is 497 g/mol. The van der Waals surface area contributed by atoms with Gasteiger partial charge >= 0.3 is 45.5 Å². The molecule has 19 nitrogen and oxygen atoms in total. The fourth-order valence-electron chi connectivity index (χ4n) is 1.62. The van der Waals surface area contributed by atoms with Gasteiger partial charge in [-0.05, 0) is 0 Å². The van der Waals surface area contributed by atoms with Gasteiger partial charge in [-0.25, -0.2) is 18.7 Å². The molecule has 0 saturated heterocycles. The lowest BCUT2D eigenvalue weighted by molar-refractivity contribution is -0.776. The van der Waals surface area contributed by atoms with Gasteiger partial charge in [0.2, 0.25) is 5.60 Å². The molecule has 0 aromatic carbocycles. The van der Waals surface area contributed by atoms with Crippen LogP contribution in [-0.4, -0.2) is 66.9 Å². The molecule has 0 rings (SSSR count). The number of ether oxygens (including phenoxy) is 2. The maximum absolute atomic E-state index is 11.7. The van der Waals surface area contributed by atoms with Crippen molar-refractivity contribution in [3.8, 4) is 0 Å². The number of aliphatic carboxylic acids is 1. The number of phosphoric acid groups is 2. The van der Waals surface area contributed by atoms with Gasteiger partial charge in [0.05, 0.1) is 12.8 Å². The Hall–Kier alpha value is -2.95. The van der Waals surface area contributed by atoms with E-state index in [1.807, 2.05) is 0 Å². The molecule has 0 heterocycles. The molecule has 2 atom stereocenters. The summed E-state index contributed by atoms with van der Waals surface area (Å²) in [6.07, 6.45) is -3.52. The van der Waals surface area contributed by atoms with Gasteiger partial charge in [-0.1, -0.05) is 0 Å². The van der Waals surface area contributed by atoms with Crippen LogP contribution in [0.2, 0.25) is 0 Å². The summed E-state index contributed by atoms with van der Waals surface area (Å²) in [6.45, 7) is -0.430. The maximum atomic E-state index is 11.7. The predicted octanol–water partition coefficient (Wildman–Crippen LogP) is -1.82. The molecule has 0 spiro atoms. The van der Waals surface area contributed by atoms with E-state index < -0.39 is 75.6 Å². The van der Waals surface area contributed by atoms with Crippen molar-refractivity contribution in [1.82, 2.24) is 0 Å². The van der Waals surface area contributed by atoms with E-state index in [9.17, 15) is 48.3 Å². The van der Waals surface area contributed by atoms with Crippen LogP contribution in [0, 0.1) is 10.1 Å². The van der Waals surface area contributed by atoms with Gasteiger partial charge in [0.1, 0.15) is 0 Å². The molecule has 2 unspecified atom stereocenters. The SMILES string of the molecule is CC(=O)OC(=O)COC(=O)CC(CC(=O)OP(=O)(O)OP(=O)(O)O)(O[N+](=O)[O-])C(=O)O. The first-order valence-corrected chi connectivity index (χ1v) is 10.2. The van der Waals surface area contributed by atoms with Gasteiger partial charge in [-0.3, -0.25) is 24.1 Å². The van der Waals surface area contributed by atoms with Gasteiger partial charge in [0.15, 0.2) is 6.61 Å². The summed E-state index contributed by atoms with van der Waals surface area (Å²) in [6, 6.07) is 0. The molecule has 0 aromatic rings. The van der Waals surface area contributed by atoms with Crippen LogP contribution in [0.15, 0.2) is 0 Å². The number of carboxylic acids is 1. The number of hydrogen-bond acceptors (Lipinski definition) is 14. The second-order valence-electron chi connectivity index (χ2n) is 5.10. The van der Waals surface area contributed by atoms with Crippen LogP contribution in [-0.2, 0) is 56.2 Å². The molecule has 0 radical (unpaired) electrons. The number of nitrogens with zero attached hydrogens (tertiary/aromatic N) is 1. The van der Waals surface area contributed by atoms with Gasteiger partial charge in [-0.2, -0.15) is 4.31 Å². The van der Waals surface area contributed by atoms with Crippen LogP contribution in [0.4, 0.5) is 0 Å². The van der Waals surface area contributed by atoms with Gasteiger partial charge < -0.3 is 28.9 Å². The Morgan fingerprint density at radius 1 is 1.00 bits per heavy atom. The summed E-state index contributed by atoms with van der Waals surface area (Å²) >= 11 is 0. The quantitative estimate of drug-likeness (QED) is 0.0758. The number of hydrogen-bond donors (Lipinski definition) is 4. The van der Waals surface area contributed by atoms with E-state index in [0.29, 0.717) is 0 Å². The highest BCUT2D eigenvalue weighted by molar-refractivity contribution is 7.61. The molecule has 0 aromatic heterocycles.